The van der Waals surface area contributed by atoms with E-state index in [2.05, 4.69) is 10.3 Å². The molecule has 11 heteroatoms. The summed E-state index contributed by atoms with van der Waals surface area (Å²) in [5.74, 6) is -4.53. The number of benzene rings is 1. The number of nitrogens with one attached hydrogen (secondary N) is 1. The molecule has 1 saturated heterocycles. The highest BCUT2D eigenvalue weighted by atomic mass is 19.3. The third-order valence-corrected chi connectivity index (χ3v) is 9.95. The maximum absolute atomic E-state index is 16.2. The topological polar surface area (TPSA) is 107 Å². The number of carbonyl (C=O) groups is 3. The van der Waals surface area contributed by atoms with E-state index in [1.165, 1.54) is 11.0 Å². The molecule has 1 aromatic carbocycles. The van der Waals surface area contributed by atoms with Crippen molar-refractivity contribution in [2.75, 3.05) is 13.2 Å². The zero-order valence-corrected chi connectivity index (χ0v) is 29.5. The molecule has 5 rings (SSSR count). The first-order chi connectivity index (χ1) is 22.5. The number of halogens is 2. The second-order valence-corrected chi connectivity index (χ2v) is 15.4. The van der Waals surface area contributed by atoms with Crippen LogP contribution in [0.2, 0.25) is 0 Å². The Morgan fingerprint density at radius 3 is 2.48 bits per heavy atom. The van der Waals surface area contributed by atoms with Gasteiger partial charge in [-0.15, -0.1) is 0 Å². The van der Waals surface area contributed by atoms with Crippen molar-refractivity contribution in [3.8, 4) is 11.6 Å². The molecular formula is C37H51F2N3O6. The van der Waals surface area contributed by atoms with Gasteiger partial charge in [-0.2, -0.15) is 0 Å². The Morgan fingerprint density at radius 1 is 1.10 bits per heavy atom. The van der Waals surface area contributed by atoms with Crippen molar-refractivity contribution in [1.82, 2.24) is 15.2 Å². The quantitative estimate of drug-likeness (QED) is 0.356. The molecule has 1 aromatic heterocycles. The van der Waals surface area contributed by atoms with Crippen LogP contribution in [-0.4, -0.2) is 65.1 Å². The number of amides is 2. The van der Waals surface area contributed by atoms with Gasteiger partial charge in [0.2, 0.25) is 11.8 Å². The summed E-state index contributed by atoms with van der Waals surface area (Å²) in [5, 5.41) is 3.35. The van der Waals surface area contributed by atoms with E-state index >= 15 is 8.78 Å². The molecule has 2 bridgehead atoms. The van der Waals surface area contributed by atoms with Crippen molar-refractivity contribution in [1.29, 1.82) is 0 Å². The number of carbonyl (C=O) groups excluding carboxylic acids is 3. The Labute approximate surface area is 282 Å². The van der Waals surface area contributed by atoms with E-state index in [1.54, 1.807) is 32.0 Å². The summed E-state index contributed by atoms with van der Waals surface area (Å²) in [6.45, 7) is 15.2. The zero-order valence-electron chi connectivity index (χ0n) is 29.5. The Hall–Kier alpha value is -3.50. The number of alkyl halides is 2. The second kappa shape index (κ2) is 13.8. The molecule has 0 radical (unpaired) electrons. The molecular weight excluding hydrogens is 620 g/mol. The van der Waals surface area contributed by atoms with E-state index in [9.17, 15) is 14.4 Å². The van der Waals surface area contributed by atoms with Crippen LogP contribution in [0.25, 0.3) is 10.9 Å². The first-order valence-corrected chi connectivity index (χ1v) is 17.5. The summed E-state index contributed by atoms with van der Waals surface area (Å²) in [4.78, 5) is 47.7. The van der Waals surface area contributed by atoms with Gasteiger partial charge in [0.05, 0.1) is 30.3 Å². The highest BCUT2D eigenvalue weighted by Gasteiger charge is 2.53. The fraction of sp³-hybridized carbons (Fsp3) is 0.676. The number of aromatic nitrogens is 1. The number of Topliss-reactive ketones (excluding diaryl/α,β-unsaturated/α-hetero) is 1. The molecule has 1 saturated carbocycles. The summed E-state index contributed by atoms with van der Waals surface area (Å²) >= 11 is 0. The smallest absolute Gasteiger partial charge is 0.408 e. The number of hydrogen-bond acceptors (Lipinski definition) is 7. The lowest BCUT2D eigenvalue weighted by molar-refractivity contribution is -0.143. The molecule has 2 fully saturated rings. The first-order valence-electron chi connectivity index (χ1n) is 17.5. The van der Waals surface area contributed by atoms with Crippen LogP contribution in [-0.2, 0) is 20.2 Å². The summed E-state index contributed by atoms with van der Waals surface area (Å²) in [6, 6.07) is 4.69. The second-order valence-electron chi connectivity index (χ2n) is 15.4. The number of pyridine rings is 1. The minimum Gasteiger partial charge on any atom is -0.494 e. The zero-order chi connectivity index (χ0) is 35.1. The largest absolute Gasteiger partial charge is 0.494 e. The minimum atomic E-state index is -3.26. The van der Waals surface area contributed by atoms with Gasteiger partial charge < -0.3 is 24.4 Å². The third kappa shape index (κ3) is 7.54. The predicted octanol–water partition coefficient (Wildman–Crippen LogP) is 7.28. The normalized spacial score (nSPS) is 28.1. The van der Waals surface area contributed by atoms with Gasteiger partial charge in [0.25, 0.3) is 5.92 Å². The number of fused-ring (bicyclic) bond motifs is 5. The first kappa shape index (κ1) is 35.8. The highest BCUT2D eigenvalue weighted by molar-refractivity contribution is 5.94. The van der Waals surface area contributed by atoms with Crippen LogP contribution < -0.4 is 14.8 Å². The van der Waals surface area contributed by atoms with Gasteiger partial charge in [-0.05, 0) is 61.6 Å². The van der Waals surface area contributed by atoms with Gasteiger partial charge in [0.1, 0.15) is 24.0 Å². The molecule has 3 aliphatic rings. The van der Waals surface area contributed by atoms with E-state index in [1.807, 2.05) is 41.5 Å². The van der Waals surface area contributed by atoms with Gasteiger partial charge in [-0.1, -0.05) is 54.9 Å². The van der Waals surface area contributed by atoms with Crippen LogP contribution in [0.4, 0.5) is 13.6 Å². The lowest BCUT2D eigenvalue weighted by atomic mass is 9.81. The molecule has 2 aliphatic heterocycles. The Balaban J connectivity index is 1.64. The van der Waals surface area contributed by atoms with E-state index in [0.717, 1.165) is 0 Å². The van der Waals surface area contributed by atoms with Crippen molar-refractivity contribution < 1.29 is 37.4 Å². The van der Waals surface area contributed by atoms with E-state index in [0.29, 0.717) is 42.5 Å². The van der Waals surface area contributed by atoms with Crippen molar-refractivity contribution in [2.24, 2.45) is 29.1 Å². The Bertz CT molecular complexity index is 1520. The molecule has 0 spiro atoms. The van der Waals surface area contributed by atoms with Crippen molar-refractivity contribution >= 4 is 28.7 Å². The van der Waals surface area contributed by atoms with Gasteiger partial charge >= 0.3 is 6.09 Å². The summed E-state index contributed by atoms with van der Waals surface area (Å²) in [7, 11) is 0. The Kier molecular flexibility index (Phi) is 10.3. The van der Waals surface area contributed by atoms with Crippen molar-refractivity contribution in [3.05, 3.63) is 29.8 Å². The summed E-state index contributed by atoms with van der Waals surface area (Å²) in [5.41, 5.74) is -0.605. The van der Waals surface area contributed by atoms with E-state index in [-0.39, 0.29) is 48.1 Å². The standard InChI is InChI=1S/C37H51F2N3O6/c1-9-46-24-14-13-22-16-25-33(40-26(22)18-24)47-28-19-42(30(29(28)20(2)3)31(43)21(4)5)34(44)32(36(6,7)8)41-35(45)48-27-17-23(27)12-10-11-15-37(25,38)39/h13-14,16,18,20-21,23,27-30,32H,9-12,15,17,19H2,1-8H3,(H,41,45). The third-order valence-electron chi connectivity index (χ3n) is 9.95. The SMILES string of the molecule is CCOc1ccc2cc3c(nc2c1)OC1CN(C(=O)C(C(C)(C)C)NC(=O)OC2CC2CCCCC3(F)F)C(C(=O)C(C)C)C1C(C)C. The minimum absolute atomic E-state index is 0.0392. The number of alkyl carbamates (subject to hydrolysis) is 1. The maximum Gasteiger partial charge on any atom is 0.408 e. The van der Waals surface area contributed by atoms with Crippen molar-refractivity contribution in [2.45, 2.75) is 118 Å². The number of rotatable bonds is 5. The molecule has 48 heavy (non-hydrogen) atoms. The molecule has 6 unspecified atom stereocenters. The average molecular weight is 672 g/mol. The molecule has 264 valence electrons. The van der Waals surface area contributed by atoms with Crippen LogP contribution >= 0.6 is 0 Å². The van der Waals surface area contributed by atoms with Crippen molar-refractivity contribution in [3.63, 3.8) is 0 Å². The van der Waals surface area contributed by atoms with Gasteiger partial charge in [-0.3, -0.25) is 9.59 Å². The fourth-order valence-corrected chi connectivity index (χ4v) is 7.20. The lowest BCUT2D eigenvalue weighted by Gasteiger charge is -2.36. The number of ether oxygens (including phenoxy) is 3. The van der Waals surface area contributed by atoms with Crippen LogP contribution in [0.3, 0.4) is 0 Å². The molecule has 3 heterocycles. The monoisotopic (exact) mass is 671 g/mol. The molecule has 6 atom stereocenters. The molecule has 9 nitrogen and oxygen atoms in total. The van der Waals surface area contributed by atoms with E-state index in [4.69, 9.17) is 14.2 Å². The van der Waals surface area contributed by atoms with Crippen LogP contribution in [0.15, 0.2) is 24.3 Å². The molecule has 2 amide bonds. The number of nitrogens with zero attached hydrogens (tertiary/aromatic N) is 2. The van der Waals surface area contributed by atoms with Gasteiger partial charge in [-0.25, -0.2) is 18.6 Å². The predicted molar refractivity (Wildman–Crippen MR) is 178 cm³/mol. The molecule has 2 aromatic rings. The fourth-order valence-electron chi connectivity index (χ4n) is 7.20. The summed E-state index contributed by atoms with van der Waals surface area (Å²) < 4.78 is 50.3. The lowest BCUT2D eigenvalue weighted by Crippen LogP contribution is -2.58. The van der Waals surface area contributed by atoms with Gasteiger partial charge in [0, 0.05) is 29.7 Å². The molecule has 1 N–H and O–H groups in total. The van der Waals surface area contributed by atoms with E-state index < -0.39 is 59.8 Å². The highest BCUT2D eigenvalue weighted by Crippen LogP contribution is 2.44. The molecule has 1 aliphatic carbocycles. The summed E-state index contributed by atoms with van der Waals surface area (Å²) in [6.07, 6.45) is -0.121. The van der Waals surface area contributed by atoms with Crippen LogP contribution in [0, 0.1) is 29.1 Å². The average Bonchev–Trinajstić information content (AvgIpc) is 3.62. The van der Waals surface area contributed by atoms with Crippen LogP contribution in [0.1, 0.15) is 93.1 Å². The van der Waals surface area contributed by atoms with Gasteiger partial charge in [0.15, 0.2) is 5.78 Å². The number of ketones is 1. The maximum atomic E-state index is 16.2. The van der Waals surface area contributed by atoms with Crippen LogP contribution in [0.5, 0.6) is 11.6 Å². The Morgan fingerprint density at radius 2 is 1.83 bits per heavy atom. The number of hydrogen-bond donors (Lipinski definition) is 1.